The highest BCUT2D eigenvalue weighted by Gasteiger charge is 2.37. The molecule has 1 saturated heterocycles. The van der Waals surface area contributed by atoms with Gasteiger partial charge in [-0.25, -0.2) is 0 Å². The van der Waals surface area contributed by atoms with Crippen molar-refractivity contribution in [2.75, 3.05) is 6.54 Å². The van der Waals surface area contributed by atoms with Crippen molar-refractivity contribution < 1.29 is 4.79 Å². The zero-order valence-electron chi connectivity index (χ0n) is 13.6. The fourth-order valence-electron chi connectivity index (χ4n) is 2.94. The molecule has 1 aromatic rings. The fourth-order valence-corrected chi connectivity index (χ4v) is 2.94. The first-order valence-corrected chi connectivity index (χ1v) is 8.30. The zero-order chi connectivity index (χ0) is 15.2. The minimum Gasteiger partial charge on any atom is -0.322 e. The van der Waals surface area contributed by atoms with Gasteiger partial charge in [0.1, 0.15) is 6.17 Å². The number of hydrogen-bond acceptors (Lipinski definition) is 2. The van der Waals surface area contributed by atoms with E-state index >= 15 is 0 Å². The van der Waals surface area contributed by atoms with E-state index < -0.39 is 0 Å². The molecule has 0 aromatic heterocycles. The van der Waals surface area contributed by atoms with Gasteiger partial charge in [0.15, 0.2) is 0 Å². The summed E-state index contributed by atoms with van der Waals surface area (Å²) in [6, 6.07) is 8.49. The molecule has 0 aliphatic carbocycles. The molecule has 1 heterocycles. The molecule has 2 rings (SSSR count). The summed E-state index contributed by atoms with van der Waals surface area (Å²) in [5.74, 6) is 0.263. The van der Waals surface area contributed by atoms with Gasteiger partial charge in [-0.2, -0.15) is 0 Å². The fraction of sp³-hybridized carbons (Fsp3) is 0.611. The molecule has 1 aliphatic heterocycles. The van der Waals surface area contributed by atoms with Crippen molar-refractivity contribution in [3.8, 4) is 0 Å². The molecule has 2 atom stereocenters. The Morgan fingerprint density at radius 3 is 2.43 bits per heavy atom. The largest absolute Gasteiger partial charge is 0.322 e. The number of benzene rings is 1. The Balaban J connectivity index is 2.08. The first-order valence-electron chi connectivity index (χ1n) is 8.30. The van der Waals surface area contributed by atoms with Crippen LogP contribution in [0.2, 0.25) is 0 Å². The second kappa shape index (κ2) is 7.60. The number of hydrogen-bond donors (Lipinski definition) is 1. The lowest BCUT2D eigenvalue weighted by molar-refractivity contribution is -0.130. The predicted molar refractivity (Wildman–Crippen MR) is 87.0 cm³/mol. The molecule has 0 radical (unpaired) electrons. The van der Waals surface area contributed by atoms with Crippen molar-refractivity contribution in [2.45, 2.75) is 65.1 Å². The van der Waals surface area contributed by atoms with E-state index in [9.17, 15) is 4.79 Å². The summed E-state index contributed by atoms with van der Waals surface area (Å²) in [7, 11) is 0. The summed E-state index contributed by atoms with van der Waals surface area (Å²) in [4.78, 5) is 14.6. The number of nitrogens with zero attached hydrogens (tertiary/aromatic N) is 1. The van der Waals surface area contributed by atoms with E-state index in [0.29, 0.717) is 0 Å². The highest BCUT2D eigenvalue weighted by Crippen LogP contribution is 2.27. The van der Waals surface area contributed by atoms with Crippen molar-refractivity contribution in [3.63, 3.8) is 0 Å². The molecule has 21 heavy (non-hydrogen) atoms. The van der Waals surface area contributed by atoms with Gasteiger partial charge in [0, 0.05) is 6.54 Å². The Morgan fingerprint density at radius 2 is 1.81 bits per heavy atom. The van der Waals surface area contributed by atoms with Crippen LogP contribution in [0.3, 0.4) is 0 Å². The number of rotatable bonds is 7. The monoisotopic (exact) mass is 288 g/mol. The van der Waals surface area contributed by atoms with Crippen LogP contribution >= 0.6 is 0 Å². The van der Waals surface area contributed by atoms with Crippen LogP contribution in [-0.2, 0) is 4.79 Å². The average Bonchev–Trinajstić information content (AvgIpc) is 2.81. The minimum atomic E-state index is -0.0255. The summed E-state index contributed by atoms with van der Waals surface area (Å²) in [5.41, 5.74) is 2.45. The quantitative estimate of drug-likeness (QED) is 0.774. The molecule has 0 bridgehead atoms. The average molecular weight is 288 g/mol. The summed E-state index contributed by atoms with van der Waals surface area (Å²) in [6.07, 6.45) is 5.68. The smallest absolute Gasteiger partial charge is 0.241 e. The van der Waals surface area contributed by atoms with Crippen molar-refractivity contribution in [1.82, 2.24) is 10.2 Å². The lowest BCUT2D eigenvalue weighted by Gasteiger charge is -2.24. The molecular formula is C18H28N2O. The Bertz CT molecular complexity index is 455. The van der Waals surface area contributed by atoms with E-state index in [0.717, 1.165) is 19.4 Å². The zero-order valence-corrected chi connectivity index (χ0v) is 13.6. The molecule has 1 aromatic carbocycles. The molecule has 1 aliphatic rings. The third-order valence-electron chi connectivity index (χ3n) is 4.31. The van der Waals surface area contributed by atoms with Gasteiger partial charge in [-0.15, -0.1) is 0 Å². The summed E-state index contributed by atoms with van der Waals surface area (Å²) < 4.78 is 0. The van der Waals surface area contributed by atoms with Crippen LogP contribution in [0.15, 0.2) is 24.3 Å². The van der Waals surface area contributed by atoms with Crippen LogP contribution in [0.4, 0.5) is 0 Å². The van der Waals surface area contributed by atoms with Gasteiger partial charge in [-0.3, -0.25) is 10.1 Å². The Labute approximate surface area is 128 Å². The molecular weight excluding hydrogens is 260 g/mol. The molecule has 0 saturated carbocycles. The van der Waals surface area contributed by atoms with Crippen LogP contribution in [0.1, 0.15) is 63.2 Å². The second-order valence-corrected chi connectivity index (χ2v) is 6.03. The van der Waals surface area contributed by atoms with E-state index in [1.807, 2.05) is 4.90 Å². The van der Waals surface area contributed by atoms with Gasteiger partial charge in [0.05, 0.1) is 6.04 Å². The van der Waals surface area contributed by atoms with E-state index in [-0.39, 0.29) is 18.1 Å². The minimum absolute atomic E-state index is 0.0255. The van der Waals surface area contributed by atoms with E-state index in [1.54, 1.807) is 0 Å². The third-order valence-corrected chi connectivity index (χ3v) is 4.31. The van der Waals surface area contributed by atoms with E-state index in [1.165, 1.54) is 30.4 Å². The normalized spacial score (nSPS) is 22.0. The lowest BCUT2D eigenvalue weighted by Crippen LogP contribution is -2.31. The molecule has 3 nitrogen and oxygen atoms in total. The van der Waals surface area contributed by atoms with Crippen LogP contribution in [0, 0.1) is 6.92 Å². The first-order chi connectivity index (χ1) is 10.2. The van der Waals surface area contributed by atoms with Gasteiger partial charge in [-0.1, -0.05) is 62.9 Å². The van der Waals surface area contributed by atoms with Crippen LogP contribution in [0.5, 0.6) is 0 Å². The molecule has 116 valence electrons. The van der Waals surface area contributed by atoms with Crippen molar-refractivity contribution >= 4 is 5.91 Å². The van der Waals surface area contributed by atoms with Crippen molar-refractivity contribution in [1.29, 1.82) is 0 Å². The summed E-state index contributed by atoms with van der Waals surface area (Å²) in [5, 5.41) is 3.49. The number of carbonyl (C=O) groups excluding carboxylic acids is 1. The predicted octanol–water partition coefficient (Wildman–Crippen LogP) is 3.78. The van der Waals surface area contributed by atoms with Crippen molar-refractivity contribution in [3.05, 3.63) is 35.4 Å². The van der Waals surface area contributed by atoms with E-state index in [4.69, 9.17) is 0 Å². The molecule has 2 unspecified atom stereocenters. The van der Waals surface area contributed by atoms with Gasteiger partial charge in [-0.05, 0) is 25.3 Å². The standard InChI is InChI=1S/C18H28N2O/c1-4-6-7-8-13-20-17(19-16(5-2)18(20)21)15-11-9-14(3)10-12-15/h9-12,16-17,19H,4-8,13H2,1-3H3. The number of amides is 1. The van der Waals surface area contributed by atoms with E-state index in [2.05, 4.69) is 50.4 Å². The van der Waals surface area contributed by atoms with Crippen LogP contribution in [-0.4, -0.2) is 23.4 Å². The van der Waals surface area contributed by atoms with Crippen LogP contribution in [0.25, 0.3) is 0 Å². The van der Waals surface area contributed by atoms with Crippen LogP contribution < -0.4 is 5.32 Å². The maximum atomic E-state index is 12.5. The summed E-state index contributed by atoms with van der Waals surface area (Å²) >= 11 is 0. The Hall–Kier alpha value is -1.35. The SMILES string of the molecule is CCCCCCN1C(=O)C(CC)NC1c1ccc(C)cc1. The Morgan fingerprint density at radius 1 is 1.10 bits per heavy atom. The maximum Gasteiger partial charge on any atom is 0.241 e. The van der Waals surface area contributed by atoms with Gasteiger partial charge in [0.25, 0.3) is 0 Å². The maximum absolute atomic E-state index is 12.5. The Kier molecular flexibility index (Phi) is 5.80. The second-order valence-electron chi connectivity index (χ2n) is 6.03. The van der Waals surface area contributed by atoms with Gasteiger partial charge < -0.3 is 4.90 Å². The van der Waals surface area contributed by atoms with Crippen molar-refractivity contribution in [2.24, 2.45) is 0 Å². The lowest BCUT2D eigenvalue weighted by atomic mass is 10.1. The topological polar surface area (TPSA) is 32.3 Å². The highest BCUT2D eigenvalue weighted by atomic mass is 16.2. The summed E-state index contributed by atoms with van der Waals surface area (Å²) in [6.45, 7) is 7.24. The highest BCUT2D eigenvalue weighted by molar-refractivity contribution is 5.84. The number of aryl methyl sites for hydroxylation is 1. The first kappa shape index (κ1) is 16.0. The molecule has 1 N–H and O–H groups in total. The van der Waals surface area contributed by atoms with Gasteiger partial charge >= 0.3 is 0 Å². The molecule has 1 amide bonds. The molecule has 0 spiro atoms. The number of carbonyl (C=O) groups is 1. The molecule has 3 heteroatoms. The third kappa shape index (κ3) is 3.85. The number of unbranched alkanes of at least 4 members (excludes halogenated alkanes) is 3. The number of nitrogens with one attached hydrogen (secondary N) is 1. The van der Waals surface area contributed by atoms with Gasteiger partial charge in [0.2, 0.25) is 5.91 Å². The molecule has 1 fully saturated rings.